The first-order valence-electron chi connectivity index (χ1n) is 3.81. The van der Waals surface area contributed by atoms with Crippen molar-refractivity contribution in [2.24, 2.45) is 11.7 Å². The first-order valence-corrected chi connectivity index (χ1v) is 4.75. The van der Waals surface area contributed by atoms with Crippen molar-refractivity contribution in [3.8, 4) is 0 Å². The Kier molecular flexibility index (Phi) is 2.98. The number of nitrogens with one attached hydrogen (secondary N) is 1. The Bertz CT molecular complexity index is 277. The van der Waals surface area contributed by atoms with Crippen LogP contribution < -0.4 is 11.1 Å². The fourth-order valence-electron chi connectivity index (χ4n) is 0.903. The van der Waals surface area contributed by atoms with Gasteiger partial charge in [-0.1, -0.05) is 6.92 Å². The van der Waals surface area contributed by atoms with Gasteiger partial charge in [-0.3, -0.25) is 4.79 Å². The topological polar surface area (TPSA) is 55.1 Å². The van der Waals surface area contributed by atoms with Gasteiger partial charge in [0.2, 0.25) is 5.91 Å². The van der Waals surface area contributed by atoms with Crippen LogP contribution in [0.5, 0.6) is 0 Å². The second-order valence-corrected chi connectivity index (χ2v) is 3.94. The molecule has 1 aliphatic heterocycles. The van der Waals surface area contributed by atoms with Gasteiger partial charge in [-0.15, -0.1) is 11.8 Å². The predicted octanol–water partition coefficient (Wildman–Crippen LogP) is 1.17. The van der Waals surface area contributed by atoms with E-state index in [-0.39, 0.29) is 0 Å². The zero-order valence-electron chi connectivity index (χ0n) is 7.26. The van der Waals surface area contributed by atoms with E-state index in [2.05, 4.69) is 5.32 Å². The minimum absolute atomic E-state index is 0.619. The van der Waals surface area contributed by atoms with Crippen molar-refractivity contribution >= 4 is 17.7 Å². The molecular weight excluding hydrogens is 217 g/mol. The van der Waals surface area contributed by atoms with Gasteiger partial charge in [-0.25, -0.2) is 0 Å². The molecular formula is C7H9F3N2OS. The smallest absolute Gasteiger partial charge is 0.369 e. The maximum atomic E-state index is 12.1. The van der Waals surface area contributed by atoms with E-state index in [1.54, 1.807) is 0 Å². The van der Waals surface area contributed by atoms with E-state index in [1.807, 2.05) is 0 Å². The first kappa shape index (κ1) is 11.2. The van der Waals surface area contributed by atoms with Gasteiger partial charge in [-0.2, -0.15) is 13.2 Å². The summed E-state index contributed by atoms with van der Waals surface area (Å²) in [7, 11) is 0. The quantitative estimate of drug-likeness (QED) is 0.743. The summed E-state index contributed by atoms with van der Waals surface area (Å²) in [5.74, 6) is -1.26. The molecule has 0 bridgehead atoms. The fraction of sp³-hybridized carbons (Fsp3) is 0.571. The zero-order valence-corrected chi connectivity index (χ0v) is 8.08. The molecule has 0 fully saturated rings. The van der Waals surface area contributed by atoms with Gasteiger partial charge >= 0.3 is 6.18 Å². The van der Waals surface area contributed by atoms with Crippen LogP contribution in [0.15, 0.2) is 11.1 Å². The molecule has 0 saturated carbocycles. The third-order valence-corrected chi connectivity index (χ3v) is 3.03. The Balaban J connectivity index is 2.59. The number of amides is 1. The van der Waals surface area contributed by atoms with E-state index in [0.717, 1.165) is 17.2 Å². The average molecular weight is 226 g/mol. The molecule has 2 unspecified atom stereocenters. The molecule has 0 aromatic heterocycles. The molecule has 1 aliphatic rings. The van der Waals surface area contributed by atoms with E-state index in [4.69, 9.17) is 5.73 Å². The molecule has 0 aromatic rings. The molecule has 0 radical (unpaired) electrons. The molecule has 0 aromatic carbocycles. The summed E-state index contributed by atoms with van der Waals surface area (Å²) in [4.78, 5) is 10.7. The number of alkyl halides is 3. The lowest BCUT2D eigenvalue weighted by Crippen LogP contribution is -2.38. The van der Waals surface area contributed by atoms with Crippen LogP contribution in [-0.4, -0.2) is 17.5 Å². The molecule has 1 rings (SSSR count). The lowest BCUT2D eigenvalue weighted by Gasteiger charge is -2.18. The molecule has 2 atom stereocenters. The van der Waals surface area contributed by atoms with Crippen LogP contribution in [0.1, 0.15) is 6.92 Å². The van der Waals surface area contributed by atoms with Crippen LogP contribution in [0.3, 0.4) is 0 Å². The number of rotatable bonds is 2. The summed E-state index contributed by atoms with van der Waals surface area (Å²) in [5, 5.41) is 2.55. The number of hydrogen-bond acceptors (Lipinski definition) is 3. The van der Waals surface area contributed by atoms with Crippen LogP contribution in [-0.2, 0) is 4.79 Å². The van der Waals surface area contributed by atoms with Gasteiger partial charge in [0.05, 0.1) is 11.3 Å². The maximum absolute atomic E-state index is 12.1. The Morgan fingerprint density at radius 3 is 2.64 bits per heavy atom. The molecule has 1 amide bonds. The number of hydrogen-bond donors (Lipinski definition) is 2. The normalized spacial score (nSPS) is 24.0. The Morgan fingerprint density at radius 1 is 1.71 bits per heavy atom. The van der Waals surface area contributed by atoms with E-state index in [1.165, 1.54) is 6.92 Å². The van der Waals surface area contributed by atoms with Crippen molar-refractivity contribution in [2.75, 3.05) is 0 Å². The molecule has 0 spiro atoms. The molecule has 80 valence electrons. The third-order valence-electron chi connectivity index (χ3n) is 1.84. The summed E-state index contributed by atoms with van der Waals surface area (Å²) in [6.45, 7) is 1.49. The van der Waals surface area contributed by atoms with Crippen LogP contribution >= 0.6 is 11.8 Å². The van der Waals surface area contributed by atoms with E-state index < -0.39 is 29.1 Å². The van der Waals surface area contributed by atoms with E-state index in [9.17, 15) is 18.0 Å². The van der Waals surface area contributed by atoms with E-state index in [0.29, 0.717) is 0 Å². The first-order chi connectivity index (χ1) is 6.32. The average Bonchev–Trinajstić information content (AvgIpc) is 2.49. The van der Waals surface area contributed by atoms with E-state index >= 15 is 0 Å². The van der Waals surface area contributed by atoms with Gasteiger partial charge < -0.3 is 11.1 Å². The molecule has 0 saturated heterocycles. The van der Waals surface area contributed by atoms with Crippen molar-refractivity contribution in [1.82, 2.24) is 5.32 Å². The second kappa shape index (κ2) is 3.72. The number of nitrogens with two attached hydrogens (primary N) is 1. The predicted molar refractivity (Wildman–Crippen MR) is 47.0 cm³/mol. The lowest BCUT2D eigenvalue weighted by molar-refractivity contribution is -0.122. The van der Waals surface area contributed by atoms with Gasteiger partial charge in [0, 0.05) is 5.41 Å². The van der Waals surface area contributed by atoms with Crippen molar-refractivity contribution in [1.29, 1.82) is 0 Å². The van der Waals surface area contributed by atoms with Crippen LogP contribution in [0.25, 0.3) is 0 Å². The molecule has 14 heavy (non-hydrogen) atoms. The number of halogens is 3. The summed E-state index contributed by atoms with van der Waals surface area (Å²) < 4.78 is 36.4. The monoisotopic (exact) mass is 226 g/mol. The number of thioether (sulfide) groups is 1. The lowest BCUT2D eigenvalue weighted by atomic mass is 10.1. The Labute approximate surface area is 82.9 Å². The van der Waals surface area contributed by atoms with Gasteiger partial charge in [0.1, 0.15) is 5.70 Å². The second-order valence-electron chi connectivity index (χ2n) is 2.92. The summed E-state index contributed by atoms with van der Waals surface area (Å²) in [6.07, 6.45) is -4.39. The van der Waals surface area contributed by atoms with Crippen LogP contribution in [0.2, 0.25) is 0 Å². The van der Waals surface area contributed by atoms with Crippen molar-refractivity contribution in [2.45, 2.75) is 18.5 Å². The minimum Gasteiger partial charge on any atom is -0.369 e. The maximum Gasteiger partial charge on any atom is 0.431 e. The largest absolute Gasteiger partial charge is 0.431 e. The summed E-state index contributed by atoms with van der Waals surface area (Å²) in [5.41, 5.74) is 4.15. The highest BCUT2D eigenvalue weighted by molar-refractivity contribution is 8.03. The van der Waals surface area contributed by atoms with Crippen LogP contribution in [0, 0.1) is 5.92 Å². The zero-order chi connectivity index (χ0) is 10.9. The highest BCUT2D eigenvalue weighted by Crippen LogP contribution is 2.34. The molecule has 7 heteroatoms. The third kappa shape index (κ3) is 2.34. The number of carbonyl (C=O) groups is 1. The molecule has 3 N–H and O–H groups in total. The summed E-state index contributed by atoms with van der Waals surface area (Å²) >= 11 is 0.920. The van der Waals surface area contributed by atoms with Crippen LogP contribution in [0.4, 0.5) is 13.2 Å². The Hall–Kier alpha value is -0.850. The van der Waals surface area contributed by atoms with Crippen molar-refractivity contribution in [3.63, 3.8) is 0 Å². The van der Waals surface area contributed by atoms with Gasteiger partial charge in [0.25, 0.3) is 0 Å². The van der Waals surface area contributed by atoms with Crippen molar-refractivity contribution < 1.29 is 18.0 Å². The number of primary amides is 1. The molecule has 1 heterocycles. The van der Waals surface area contributed by atoms with Gasteiger partial charge in [-0.05, 0) is 0 Å². The standard InChI is InChI=1S/C7H9F3N2OS/c1-3(5(11)13)6-12-4(2-14-6)7(8,9)10/h2-3,6,12H,1H3,(H2,11,13). The fourth-order valence-corrected chi connectivity index (χ4v) is 1.95. The highest BCUT2D eigenvalue weighted by atomic mass is 32.2. The minimum atomic E-state index is -4.39. The Morgan fingerprint density at radius 2 is 2.29 bits per heavy atom. The molecule has 3 nitrogen and oxygen atoms in total. The number of carbonyl (C=O) groups excluding carboxylic acids is 1. The molecule has 0 aliphatic carbocycles. The SMILES string of the molecule is CC(C(N)=O)C1NC(C(F)(F)F)=CS1. The van der Waals surface area contributed by atoms with Gasteiger partial charge in [0.15, 0.2) is 0 Å². The van der Waals surface area contributed by atoms with Crippen molar-refractivity contribution in [3.05, 3.63) is 11.1 Å². The summed E-state index contributed by atoms with van der Waals surface area (Å²) in [6, 6.07) is 0. The highest BCUT2D eigenvalue weighted by Gasteiger charge is 2.40. The number of allylic oxidation sites excluding steroid dienone is 1.